The highest BCUT2D eigenvalue weighted by atomic mass is 79.9. The van der Waals surface area contributed by atoms with Crippen molar-refractivity contribution in [2.75, 3.05) is 0 Å². The molecule has 0 aliphatic heterocycles. The van der Waals surface area contributed by atoms with E-state index in [1.807, 2.05) is 0 Å². The third kappa shape index (κ3) is 3.01. The van der Waals surface area contributed by atoms with Gasteiger partial charge in [0.05, 0.1) is 6.20 Å². The number of aromatic nitrogens is 2. The first-order valence-corrected chi connectivity index (χ1v) is 5.54. The first-order chi connectivity index (χ1) is 8.15. The van der Waals surface area contributed by atoms with Gasteiger partial charge in [-0.05, 0) is 28.1 Å². The van der Waals surface area contributed by atoms with E-state index in [9.17, 15) is 0 Å². The van der Waals surface area contributed by atoms with Crippen molar-refractivity contribution in [3.8, 4) is 11.6 Å². The second kappa shape index (κ2) is 4.92. The Bertz CT molecular complexity index is 559. The van der Waals surface area contributed by atoms with Crippen LogP contribution in [-0.2, 0) is 0 Å². The van der Waals surface area contributed by atoms with E-state index in [4.69, 9.17) is 15.9 Å². The van der Waals surface area contributed by atoms with Crippen LogP contribution in [0.3, 0.4) is 0 Å². The number of nitrogens with one attached hydrogen (secondary N) is 1. The van der Waals surface area contributed by atoms with E-state index in [1.54, 1.807) is 36.7 Å². The van der Waals surface area contributed by atoms with Crippen LogP contribution in [-0.4, -0.2) is 15.8 Å². The van der Waals surface area contributed by atoms with Gasteiger partial charge in [0.15, 0.2) is 0 Å². The number of nitrogens with two attached hydrogens (primary N) is 1. The van der Waals surface area contributed by atoms with Gasteiger partial charge in [-0.15, -0.1) is 0 Å². The maximum atomic E-state index is 7.29. The molecule has 86 valence electrons. The molecule has 0 aromatic carbocycles. The largest absolute Gasteiger partial charge is 0.437 e. The molecule has 3 N–H and O–H groups in total. The van der Waals surface area contributed by atoms with Gasteiger partial charge in [-0.25, -0.2) is 4.98 Å². The van der Waals surface area contributed by atoms with Crippen molar-refractivity contribution in [3.63, 3.8) is 0 Å². The number of nitrogens with zero attached hydrogens (tertiary/aromatic N) is 2. The highest BCUT2D eigenvalue weighted by Gasteiger charge is 2.03. The molecule has 17 heavy (non-hydrogen) atoms. The molecular weight excluding hydrogens is 284 g/mol. The van der Waals surface area contributed by atoms with Gasteiger partial charge in [0, 0.05) is 16.7 Å². The fourth-order valence-corrected chi connectivity index (χ4v) is 1.53. The topological polar surface area (TPSA) is 84.9 Å². The molecule has 5 nitrogen and oxygen atoms in total. The van der Waals surface area contributed by atoms with Gasteiger partial charge in [-0.2, -0.15) is 0 Å². The van der Waals surface area contributed by atoms with Crippen LogP contribution >= 0.6 is 15.9 Å². The Labute approximate surface area is 106 Å². The number of amidine groups is 1. The summed E-state index contributed by atoms with van der Waals surface area (Å²) in [6.07, 6.45) is 3.24. The minimum Gasteiger partial charge on any atom is -0.437 e. The summed E-state index contributed by atoms with van der Waals surface area (Å²) in [4.78, 5) is 8.05. The minimum atomic E-state index is -0.0946. The number of pyridine rings is 2. The monoisotopic (exact) mass is 292 g/mol. The summed E-state index contributed by atoms with van der Waals surface area (Å²) in [5, 5.41) is 7.29. The summed E-state index contributed by atoms with van der Waals surface area (Å²) < 4.78 is 6.31. The summed E-state index contributed by atoms with van der Waals surface area (Å²) in [5.74, 6) is 0.841. The van der Waals surface area contributed by atoms with Crippen molar-refractivity contribution in [1.29, 1.82) is 5.41 Å². The minimum absolute atomic E-state index is 0.0946. The van der Waals surface area contributed by atoms with Crippen LogP contribution < -0.4 is 10.5 Å². The Balaban J connectivity index is 2.24. The van der Waals surface area contributed by atoms with Crippen molar-refractivity contribution in [2.24, 2.45) is 5.73 Å². The molecule has 0 bridgehead atoms. The van der Waals surface area contributed by atoms with Crippen LogP contribution in [0.2, 0.25) is 0 Å². The average molecular weight is 293 g/mol. The van der Waals surface area contributed by atoms with Crippen LogP contribution in [0.25, 0.3) is 0 Å². The lowest BCUT2D eigenvalue weighted by Gasteiger charge is -2.05. The third-order valence-electron chi connectivity index (χ3n) is 1.90. The van der Waals surface area contributed by atoms with Crippen LogP contribution in [0.15, 0.2) is 41.1 Å². The van der Waals surface area contributed by atoms with Gasteiger partial charge >= 0.3 is 0 Å². The Morgan fingerprint density at radius 1 is 1.35 bits per heavy atom. The molecule has 0 atom stereocenters. The normalized spacial score (nSPS) is 9.94. The highest BCUT2D eigenvalue weighted by molar-refractivity contribution is 9.10. The van der Waals surface area contributed by atoms with Gasteiger partial charge in [-0.1, -0.05) is 6.07 Å². The summed E-state index contributed by atoms with van der Waals surface area (Å²) in [7, 11) is 0. The number of rotatable bonds is 3. The number of hydrogen-bond acceptors (Lipinski definition) is 4. The van der Waals surface area contributed by atoms with E-state index in [-0.39, 0.29) is 5.84 Å². The summed E-state index contributed by atoms with van der Waals surface area (Å²) in [6, 6.07) is 6.83. The van der Waals surface area contributed by atoms with E-state index < -0.39 is 0 Å². The van der Waals surface area contributed by atoms with Gasteiger partial charge in [0.25, 0.3) is 0 Å². The molecule has 0 fully saturated rings. The van der Waals surface area contributed by atoms with Gasteiger partial charge in [-0.3, -0.25) is 10.4 Å². The first kappa shape index (κ1) is 11.5. The molecule has 0 amide bonds. The maximum Gasteiger partial charge on any atom is 0.219 e. The molecule has 0 unspecified atom stereocenters. The SMILES string of the molecule is N=C(N)c1cccc(Oc2cncc(Br)c2)n1. The van der Waals surface area contributed by atoms with E-state index in [0.717, 1.165) is 4.47 Å². The van der Waals surface area contributed by atoms with E-state index in [2.05, 4.69) is 25.9 Å². The predicted octanol–water partition coefficient (Wildman–Crippen LogP) is 2.32. The Hall–Kier alpha value is -1.95. The Morgan fingerprint density at radius 2 is 2.18 bits per heavy atom. The molecule has 2 aromatic heterocycles. The molecule has 6 heteroatoms. The fourth-order valence-electron chi connectivity index (χ4n) is 1.19. The van der Waals surface area contributed by atoms with E-state index in [0.29, 0.717) is 17.3 Å². The number of hydrogen-bond donors (Lipinski definition) is 2. The smallest absolute Gasteiger partial charge is 0.219 e. The van der Waals surface area contributed by atoms with E-state index >= 15 is 0 Å². The lowest BCUT2D eigenvalue weighted by Crippen LogP contribution is -2.13. The second-order valence-corrected chi connectivity index (χ2v) is 4.13. The summed E-state index contributed by atoms with van der Waals surface area (Å²) in [6.45, 7) is 0. The van der Waals surface area contributed by atoms with Crippen LogP contribution in [0, 0.1) is 5.41 Å². The van der Waals surface area contributed by atoms with Crippen molar-refractivity contribution in [2.45, 2.75) is 0 Å². The number of halogens is 1. The van der Waals surface area contributed by atoms with E-state index in [1.165, 1.54) is 0 Å². The molecule has 2 rings (SSSR count). The van der Waals surface area contributed by atoms with Crippen LogP contribution in [0.4, 0.5) is 0 Å². The van der Waals surface area contributed by atoms with Crippen LogP contribution in [0.5, 0.6) is 11.6 Å². The second-order valence-electron chi connectivity index (χ2n) is 3.22. The number of nitrogen functional groups attached to an aromatic ring is 1. The molecule has 0 saturated heterocycles. The van der Waals surface area contributed by atoms with Crippen LogP contribution in [0.1, 0.15) is 5.69 Å². The van der Waals surface area contributed by atoms with Gasteiger partial charge in [0.1, 0.15) is 17.3 Å². The predicted molar refractivity (Wildman–Crippen MR) is 67.3 cm³/mol. The maximum absolute atomic E-state index is 7.29. The summed E-state index contributed by atoms with van der Waals surface area (Å²) >= 11 is 3.30. The zero-order chi connectivity index (χ0) is 12.3. The summed E-state index contributed by atoms with van der Waals surface area (Å²) in [5.41, 5.74) is 5.73. The van der Waals surface area contributed by atoms with Gasteiger partial charge in [0.2, 0.25) is 5.88 Å². The Morgan fingerprint density at radius 3 is 2.88 bits per heavy atom. The van der Waals surface area contributed by atoms with Crippen molar-refractivity contribution < 1.29 is 4.74 Å². The molecular formula is C11H9BrN4O. The average Bonchev–Trinajstić information content (AvgIpc) is 2.29. The number of ether oxygens (including phenoxy) is 1. The van der Waals surface area contributed by atoms with Gasteiger partial charge < -0.3 is 10.5 Å². The highest BCUT2D eigenvalue weighted by Crippen LogP contribution is 2.21. The zero-order valence-corrected chi connectivity index (χ0v) is 10.3. The fraction of sp³-hybridized carbons (Fsp3) is 0. The zero-order valence-electron chi connectivity index (χ0n) is 8.72. The lowest BCUT2D eigenvalue weighted by molar-refractivity contribution is 0.460. The molecule has 2 heterocycles. The van der Waals surface area contributed by atoms with Crippen molar-refractivity contribution >= 4 is 21.8 Å². The molecule has 0 saturated carbocycles. The standard InChI is InChI=1S/C11H9BrN4O/c12-7-4-8(6-15-5-7)17-10-3-1-2-9(16-10)11(13)14/h1-6H,(H3,13,14). The molecule has 0 aliphatic rings. The molecule has 0 radical (unpaired) electrons. The van der Waals surface area contributed by atoms with Crippen molar-refractivity contribution in [1.82, 2.24) is 9.97 Å². The quantitative estimate of drug-likeness (QED) is 0.671. The molecule has 0 aliphatic carbocycles. The Kier molecular flexibility index (Phi) is 3.34. The molecule has 2 aromatic rings. The lowest BCUT2D eigenvalue weighted by atomic mass is 10.3. The van der Waals surface area contributed by atoms with Crippen molar-refractivity contribution in [3.05, 3.63) is 46.8 Å². The molecule has 0 spiro atoms. The third-order valence-corrected chi connectivity index (χ3v) is 2.34. The first-order valence-electron chi connectivity index (χ1n) is 4.75.